The monoisotopic (exact) mass is 261 g/mol. The van der Waals surface area contributed by atoms with Crippen LogP contribution in [0.1, 0.15) is 34.8 Å². The second-order valence-corrected chi connectivity index (χ2v) is 5.30. The Kier molecular flexibility index (Phi) is 2.91. The predicted molar refractivity (Wildman–Crippen MR) is 70.6 cm³/mol. The summed E-state index contributed by atoms with van der Waals surface area (Å²) in [6.45, 7) is 3.78. The molecule has 0 bridgehead atoms. The van der Waals surface area contributed by atoms with Gasteiger partial charge in [-0.3, -0.25) is 9.78 Å². The van der Waals surface area contributed by atoms with Gasteiger partial charge < -0.3 is 9.47 Å². The molecule has 1 atom stereocenters. The first-order valence-corrected chi connectivity index (χ1v) is 7.03. The van der Waals surface area contributed by atoms with Crippen LogP contribution in [0, 0.1) is 0 Å². The van der Waals surface area contributed by atoms with E-state index >= 15 is 0 Å². The first-order chi connectivity index (χ1) is 8.81. The molecule has 0 fully saturated rings. The smallest absolute Gasteiger partial charge is 0.266 e. The molecule has 0 radical (unpaired) electrons. The maximum atomic E-state index is 12.4. The molecular weight excluding hydrogens is 246 g/mol. The number of hydrogen-bond donors (Lipinski definition) is 0. The summed E-state index contributed by atoms with van der Waals surface area (Å²) in [6, 6.07) is 4.35. The lowest BCUT2D eigenvalue weighted by atomic mass is 10.1. The largest absolute Gasteiger partial charge is 0.348 e. The van der Waals surface area contributed by atoms with Crippen LogP contribution in [0.4, 0.5) is 0 Å². The molecule has 4 nitrogen and oxygen atoms in total. The number of fused-ring (bicyclic) bond motifs is 1. The molecule has 0 saturated carbocycles. The summed E-state index contributed by atoms with van der Waals surface area (Å²) in [5, 5.41) is 0. The van der Waals surface area contributed by atoms with E-state index in [1.165, 1.54) is 17.0 Å². The SMILES string of the molecule is CC[C@@H]1c2cccn2CCN1C(=O)c1cncs1. The minimum absolute atomic E-state index is 0.108. The van der Waals surface area contributed by atoms with Crippen LogP contribution in [0.5, 0.6) is 0 Å². The van der Waals surface area contributed by atoms with E-state index in [2.05, 4.69) is 34.8 Å². The number of hydrogen-bond acceptors (Lipinski definition) is 3. The lowest BCUT2D eigenvalue weighted by Crippen LogP contribution is -2.41. The summed E-state index contributed by atoms with van der Waals surface area (Å²) in [4.78, 5) is 19.1. The Balaban J connectivity index is 1.92. The molecule has 1 aliphatic heterocycles. The zero-order valence-electron chi connectivity index (χ0n) is 10.2. The molecule has 5 heteroatoms. The standard InChI is InChI=1S/C13H15N3OS/c1-2-10-11-4-3-5-15(11)6-7-16(10)13(17)12-8-14-9-18-12/h3-5,8-10H,2,6-7H2,1H3/t10-/m1/s1. The van der Waals surface area contributed by atoms with Crippen LogP contribution in [0.3, 0.4) is 0 Å². The van der Waals surface area contributed by atoms with Gasteiger partial charge >= 0.3 is 0 Å². The van der Waals surface area contributed by atoms with Gasteiger partial charge in [0, 0.05) is 25.0 Å². The molecular formula is C13H15N3OS. The maximum absolute atomic E-state index is 12.4. The number of thiazole rings is 1. The van der Waals surface area contributed by atoms with Gasteiger partial charge in [-0.05, 0) is 18.6 Å². The summed E-state index contributed by atoms with van der Waals surface area (Å²) in [5.41, 5.74) is 2.95. The summed E-state index contributed by atoms with van der Waals surface area (Å²) in [7, 11) is 0. The van der Waals surface area contributed by atoms with E-state index in [9.17, 15) is 4.79 Å². The Bertz CT molecular complexity index is 546. The average molecular weight is 261 g/mol. The number of amides is 1. The molecule has 0 aromatic carbocycles. The highest BCUT2D eigenvalue weighted by atomic mass is 32.1. The zero-order valence-corrected chi connectivity index (χ0v) is 11.1. The average Bonchev–Trinajstić information content (AvgIpc) is 3.06. The molecule has 1 amide bonds. The normalized spacial score (nSPS) is 18.7. The van der Waals surface area contributed by atoms with Crippen molar-refractivity contribution in [3.63, 3.8) is 0 Å². The Labute approximate surface area is 110 Å². The zero-order chi connectivity index (χ0) is 12.5. The summed E-state index contributed by atoms with van der Waals surface area (Å²) in [5.74, 6) is 0.108. The molecule has 3 heterocycles. The van der Waals surface area contributed by atoms with Gasteiger partial charge in [0.1, 0.15) is 4.88 Å². The van der Waals surface area contributed by atoms with E-state index in [-0.39, 0.29) is 11.9 Å². The minimum Gasteiger partial charge on any atom is -0.348 e. The number of rotatable bonds is 2. The third-order valence-electron chi connectivity index (χ3n) is 3.45. The first kappa shape index (κ1) is 11.5. The van der Waals surface area contributed by atoms with Crippen molar-refractivity contribution < 1.29 is 4.79 Å². The molecule has 3 rings (SSSR count). The second-order valence-electron chi connectivity index (χ2n) is 4.41. The molecule has 18 heavy (non-hydrogen) atoms. The van der Waals surface area contributed by atoms with Gasteiger partial charge in [0.15, 0.2) is 0 Å². The van der Waals surface area contributed by atoms with Crippen molar-refractivity contribution in [3.05, 3.63) is 40.6 Å². The van der Waals surface area contributed by atoms with Crippen LogP contribution in [-0.2, 0) is 6.54 Å². The van der Waals surface area contributed by atoms with Crippen molar-refractivity contribution in [2.24, 2.45) is 0 Å². The lowest BCUT2D eigenvalue weighted by Gasteiger charge is -2.36. The van der Waals surface area contributed by atoms with E-state index in [1.54, 1.807) is 11.7 Å². The van der Waals surface area contributed by atoms with Crippen LogP contribution in [0.15, 0.2) is 30.0 Å². The molecule has 0 saturated heterocycles. The highest BCUT2D eigenvalue weighted by Crippen LogP contribution is 2.30. The fraction of sp³-hybridized carbons (Fsp3) is 0.385. The topological polar surface area (TPSA) is 38.1 Å². The molecule has 2 aromatic rings. The molecule has 0 aliphatic carbocycles. The van der Waals surface area contributed by atoms with Crippen molar-refractivity contribution in [1.29, 1.82) is 0 Å². The number of aromatic nitrogens is 2. The predicted octanol–water partition coefficient (Wildman–Crippen LogP) is 2.55. The van der Waals surface area contributed by atoms with Crippen molar-refractivity contribution in [2.75, 3.05) is 6.54 Å². The molecule has 94 valence electrons. The Morgan fingerprint density at radius 3 is 3.17 bits per heavy atom. The molecule has 0 spiro atoms. The fourth-order valence-corrected chi connectivity index (χ4v) is 3.18. The van der Waals surface area contributed by atoms with Crippen molar-refractivity contribution >= 4 is 17.2 Å². The summed E-state index contributed by atoms with van der Waals surface area (Å²) in [6.07, 6.45) is 4.69. The van der Waals surface area contributed by atoms with Gasteiger partial charge in [0.2, 0.25) is 0 Å². The van der Waals surface area contributed by atoms with Crippen LogP contribution in [-0.4, -0.2) is 26.9 Å². The highest BCUT2D eigenvalue weighted by Gasteiger charge is 2.30. The number of nitrogens with zero attached hydrogens (tertiary/aromatic N) is 3. The van der Waals surface area contributed by atoms with Crippen molar-refractivity contribution in [1.82, 2.24) is 14.5 Å². The molecule has 2 aromatic heterocycles. The van der Waals surface area contributed by atoms with E-state index in [1.807, 2.05) is 4.90 Å². The summed E-state index contributed by atoms with van der Waals surface area (Å²) < 4.78 is 2.24. The van der Waals surface area contributed by atoms with E-state index < -0.39 is 0 Å². The van der Waals surface area contributed by atoms with E-state index in [4.69, 9.17) is 0 Å². The minimum atomic E-state index is 0.108. The first-order valence-electron chi connectivity index (χ1n) is 6.15. The lowest BCUT2D eigenvalue weighted by molar-refractivity contribution is 0.0622. The van der Waals surface area contributed by atoms with Crippen LogP contribution < -0.4 is 0 Å². The Morgan fingerprint density at radius 2 is 2.44 bits per heavy atom. The highest BCUT2D eigenvalue weighted by molar-refractivity contribution is 7.11. The van der Waals surface area contributed by atoms with Gasteiger partial charge in [-0.15, -0.1) is 11.3 Å². The van der Waals surface area contributed by atoms with Gasteiger partial charge in [-0.1, -0.05) is 6.92 Å². The number of carbonyl (C=O) groups excluding carboxylic acids is 1. The van der Waals surface area contributed by atoms with Crippen LogP contribution >= 0.6 is 11.3 Å². The number of carbonyl (C=O) groups is 1. The van der Waals surface area contributed by atoms with E-state index in [0.717, 1.165) is 24.4 Å². The van der Waals surface area contributed by atoms with Gasteiger partial charge in [-0.25, -0.2) is 0 Å². The van der Waals surface area contributed by atoms with Gasteiger partial charge in [0.25, 0.3) is 5.91 Å². The maximum Gasteiger partial charge on any atom is 0.266 e. The Hall–Kier alpha value is -1.62. The Morgan fingerprint density at radius 1 is 1.56 bits per heavy atom. The van der Waals surface area contributed by atoms with E-state index in [0.29, 0.717) is 0 Å². The third kappa shape index (κ3) is 1.75. The molecule has 0 N–H and O–H groups in total. The second kappa shape index (κ2) is 4.57. The van der Waals surface area contributed by atoms with Crippen molar-refractivity contribution in [3.8, 4) is 0 Å². The van der Waals surface area contributed by atoms with Crippen LogP contribution in [0.25, 0.3) is 0 Å². The fourth-order valence-electron chi connectivity index (χ4n) is 2.60. The van der Waals surface area contributed by atoms with Gasteiger partial charge in [-0.2, -0.15) is 0 Å². The van der Waals surface area contributed by atoms with Gasteiger partial charge in [0.05, 0.1) is 17.7 Å². The molecule has 1 aliphatic rings. The summed E-state index contributed by atoms with van der Waals surface area (Å²) >= 11 is 1.41. The quantitative estimate of drug-likeness (QED) is 0.833. The third-order valence-corrected chi connectivity index (χ3v) is 4.22. The van der Waals surface area contributed by atoms with Crippen LogP contribution in [0.2, 0.25) is 0 Å². The molecule has 0 unspecified atom stereocenters. The van der Waals surface area contributed by atoms with Crippen molar-refractivity contribution in [2.45, 2.75) is 25.9 Å².